The Morgan fingerprint density at radius 3 is 2.37 bits per heavy atom. The number of aryl methyl sites for hydroxylation is 1. The molecule has 204 valence electrons. The van der Waals surface area contributed by atoms with Crippen LogP contribution in [0.4, 0.5) is 10.1 Å². The van der Waals surface area contributed by atoms with Crippen molar-refractivity contribution in [1.29, 1.82) is 0 Å². The predicted octanol–water partition coefficient (Wildman–Crippen LogP) is 3.59. The van der Waals surface area contributed by atoms with Crippen molar-refractivity contribution in [3.63, 3.8) is 0 Å². The molecule has 1 atom stereocenters. The van der Waals surface area contributed by atoms with Crippen LogP contribution in [0.1, 0.15) is 62.1 Å². The zero-order chi connectivity index (χ0) is 26.9. The average Bonchev–Trinajstić information content (AvgIpc) is 3.72. The van der Waals surface area contributed by atoms with Crippen LogP contribution in [0.25, 0.3) is 0 Å². The number of carbonyl (C=O) groups is 2. The average molecular weight is 543 g/mol. The lowest BCUT2D eigenvalue weighted by molar-refractivity contribution is -0.130. The van der Waals surface area contributed by atoms with Crippen LogP contribution in [-0.4, -0.2) is 49.7 Å². The van der Waals surface area contributed by atoms with Gasteiger partial charge in [0.05, 0.1) is 0 Å². The van der Waals surface area contributed by atoms with Gasteiger partial charge in [-0.25, -0.2) is 4.39 Å². The molecule has 1 heterocycles. The number of anilines is 1. The van der Waals surface area contributed by atoms with Crippen LogP contribution in [0.15, 0.2) is 48.5 Å². The van der Waals surface area contributed by atoms with Gasteiger partial charge in [0.25, 0.3) is 10.2 Å². The van der Waals surface area contributed by atoms with E-state index in [9.17, 15) is 22.4 Å². The summed E-state index contributed by atoms with van der Waals surface area (Å²) in [6.07, 6.45) is 5.66. The van der Waals surface area contributed by atoms with Crippen molar-refractivity contribution in [2.24, 2.45) is 5.92 Å². The van der Waals surface area contributed by atoms with Crippen LogP contribution in [0, 0.1) is 18.7 Å². The van der Waals surface area contributed by atoms with Crippen LogP contribution in [0.3, 0.4) is 0 Å². The van der Waals surface area contributed by atoms with Crippen molar-refractivity contribution in [3.05, 3.63) is 65.5 Å². The van der Waals surface area contributed by atoms with Crippen LogP contribution in [0.5, 0.6) is 0 Å². The van der Waals surface area contributed by atoms with Gasteiger partial charge in [-0.1, -0.05) is 49.6 Å². The molecular weight excluding hydrogens is 507 g/mol. The highest BCUT2D eigenvalue weighted by molar-refractivity contribution is 7.87. The molecule has 1 saturated heterocycles. The number of halogens is 1. The minimum Gasteiger partial charge on any atom is -0.351 e. The molecule has 0 aromatic heterocycles. The van der Waals surface area contributed by atoms with Gasteiger partial charge in [-0.05, 0) is 61.9 Å². The molecule has 0 bridgehead atoms. The van der Waals surface area contributed by atoms with Gasteiger partial charge in [-0.15, -0.1) is 0 Å². The fourth-order valence-corrected chi connectivity index (χ4v) is 6.85. The van der Waals surface area contributed by atoms with Gasteiger partial charge in [0.1, 0.15) is 11.9 Å². The fraction of sp³-hybridized carbons (Fsp3) is 0.500. The smallest absolute Gasteiger partial charge is 0.279 e. The summed E-state index contributed by atoms with van der Waals surface area (Å²) in [6.45, 7) is 2.91. The molecule has 0 unspecified atom stereocenters. The molecule has 2 amide bonds. The van der Waals surface area contributed by atoms with E-state index in [-0.39, 0.29) is 23.9 Å². The van der Waals surface area contributed by atoms with Crippen molar-refractivity contribution in [2.45, 2.75) is 70.0 Å². The lowest BCUT2D eigenvalue weighted by atomic mass is 9.79. The lowest BCUT2D eigenvalue weighted by Gasteiger charge is -2.41. The zero-order valence-corrected chi connectivity index (χ0v) is 22.4. The fourth-order valence-electron chi connectivity index (χ4n) is 5.53. The SMILES string of the molecule is Cc1ccccc1[C@H](C(=O)NC1CCCCC1)N(c1cccc(F)c1)C(=O)[C@H]1C[C@H](NS(=O)(=O)N2CC2)C1. The van der Waals surface area contributed by atoms with Gasteiger partial charge in [0, 0.05) is 36.8 Å². The van der Waals surface area contributed by atoms with Crippen LogP contribution in [0.2, 0.25) is 0 Å². The summed E-state index contributed by atoms with van der Waals surface area (Å²) in [6, 6.07) is 11.9. The molecule has 0 radical (unpaired) electrons. The summed E-state index contributed by atoms with van der Waals surface area (Å²) in [5, 5.41) is 3.17. The highest BCUT2D eigenvalue weighted by Gasteiger charge is 2.44. The molecule has 3 aliphatic rings. The Morgan fingerprint density at radius 1 is 1.00 bits per heavy atom. The molecule has 8 nitrogen and oxygen atoms in total. The molecule has 2 aliphatic carbocycles. The Balaban J connectivity index is 1.45. The van der Waals surface area contributed by atoms with Crippen molar-refractivity contribution in [2.75, 3.05) is 18.0 Å². The predicted molar refractivity (Wildman–Crippen MR) is 143 cm³/mol. The van der Waals surface area contributed by atoms with E-state index < -0.39 is 28.0 Å². The third-order valence-corrected chi connectivity index (χ3v) is 9.49. The Labute approximate surface area is 223 Å². The maximum atomic E-state index is 14.4. The minimum absolute atomic E-state index is 0.0344. The highest BCUT2D eigenvalue weighted by Crippen LogP contribution is 2.37. The molecule has 5 rings (SSSR count). The van der Waals surface area contributed by atoms with Gasteiger partial charge < -0.3 is 5.32 Å². The molecule has 2 aromatic carbocycles. The lowest BCUT2D eigenvalue weighted by Crippen LogP contribution is -2.54. The second kappa shape index (κ2) is 11.1. The van der Waals surface area contributed by atoms with Crippen molar-refractivity contribution < 1.29 is 22.4 Å². The van der Waals surface area contributed by atoms with Gasteiger partial charge in [0.2, 0.25) is 11.8 Å². The Kier molecular flexibility index (Phi) is 7.83. The van der Waals surface area contributed by atoms with Gasteiger partial charge in [-0.2, -0.15) is 17.4 Å². The third kappa shape index (κ3) is 5.92. The number of nitrogens with zero attached hydrogens (tertiary/aromatic N) is 2. The summed E-state index contributed by atoms with van der Waals surface area (Å²) in [4.78, 5) is 29.4. The van der Waals surface area contributed by atoms with Gasteiger partial charge >= 0.3 is 0 Å². The normalized spacial score (nSPS) is 22.8. The minimum atomic E-state index is -3.52. The standard InChI is InChI=1S/C28H35FN4O4S/c1-19-8-5-6-13-25(19)26(27(34)30-22-10-3-2-4-11-22)33(24-12-7-9-21(29)18-24)28(35)20-16-23(17-20)31-38(36,37)32-14-15-32/h5-9,12-13,18,20,22-23,26,31H,2-4,10-11,14-17H2,1H3,(H,30,34)/t20-,23-,26-/m1/s1. The first kappa shape index (κ1) is 26.8. The summed E-state index contributed by atoms with van der Waals surface area (Å²) >= 11 is 0. The molecule has 38 heavy (non-hydrogen) atoms. The van der Waals surface area contributed by atoms with Crippen LogP contribution in [-0.2, 0) is 19.8 Å². The number of hydrogen-bond acceptors (Lipinski definition) is 4. The summed E-state index contributed by atoms with van der Waals surface area (Å²) < 4.78 is 43.0. The maximum Gasteiger partial charge on any atom is 0.279 e. The molecule has 1 aliphatic heterocycles. The van der Waals surface area contributed by atoms with Crippen molar-refractivity contribution >= 4 is 27.7 Å². The van der Waals surface area contributed by atoms with E-state index in [0.29, 0.717) is 37.2 Å². The highest BCUT2D eigenvalue weighted by atomic mass is 32.2. The zero-order valence-electron chi connectivity index (χ0n) is 21.6. The summed E-state index contributed by atoms with van der Waals surface area (Å²) in [5.74, 6) is -1.60. The molecular formula is C28H35FN4O4S. The second-order valence-electron chi connectivity index (χ2n) is 10.7. The summed E-state index contributed by atoms with van der Waals surface area (Å²) in [7, 11) is -3.52. The van der Waals surface area contributed by atoms with Crippen LogP contribution < -0.4 is 14.9 Å². The third-order valence-electron chi connectivity index (χ3n) is 7.81. The molecule has 3 fully saturated rings. The van der Waals surface area contributed by atoms with Crippen LogP contribution >= 0.6 is 0 Å². The van der Waals surface area contributed by atoms with Crippen molar-refractivity contribution in [3.8, 4) is 0 Å². The number of rotatable bonds is 9. The molecule has 2 N–H and O–H groups in total. The first-order valence-electron chi connectivity index (χ1n) is 13.4. The van der Waals surface area contributed by atoms with E-state index in [1.165, 1.54) is 27.4 Å². The van der Waals surface area contributed by atoms with E-state index in [4.69, 9.17) is 0 Å². The first-order chi connectivity index (χ1) is 18.2. The van der Waals surface area contributed by atoms with E-state index in [1.807, 2.05) is 31.2 Å². The van der Waals surface area contributed by atoms with E-state index in [2.05, 4.69) is 10.0 Å². The quantitative estimate of drug-likeness (QED) is 0.473. The molecule has 10 heteroatoms. The topological polar surface area (TPSA) is 98.6 Å². The number of carbonyl (C=O) groups excluding carboxylic acids is 2. The number of benzene rings is 2. The number of nitrogens with one attached hydrogen (secondary N) is 2. The summed E-state index contributed by atoms with van der Waals surface area (Å²) in [5.41, 5.74) is 1.83. The second-order valence-corrected chi connectivity index (χ2v) is 12.4. The Morgan fingerprint density at radius 2 is 1.71 bits per heavy atom. The number of amides is 2. The largest absolute Gasteiger partial charge is 0.351 e. The molecule has 0 spiro atoms. The maximum absolute atomic E-state index is 14.4. The van der Waals surface area contributed by atoms with E-state index in [0.717, 1.165) is 37.7 Å². The van der Waals surface area contributed by atoms with Gasteiger partial charge in [0.15, 0.2) is 0 Å². The number of hydrogen-bond donors (Lipinski definition) is 2. The monoisotopic (exact) mass is 542 g/mol. The van der Waals surface area contributed by atoms with Crippen molar-refractivity contribution in [1.82, 2.24) is 14.3 Å². The molecule has 2 saturated carbocycles. The Bertz CT molecular complexity index is 1290. The van der Waals surface area contributed by atoms with Gasteiger partial charge in [-0.3, -0.25) is 14.5 Å². The first-order valence-corrected chi connectivity index (χ1v) is 14.9. The van der Waals surface area contributed by atoms with E-state index >= 15 is 0 Å². The Hall–Kier alpha value is -2.82. The van der Waals surface area contributed by atoms with E-state index in [1.54, 1.807) is 6.07 Å². The molecule has 2 aromatic rings.